The summed E-state index contributed by atoms with van der Waals surface area (Å²) in [5.74, 6) is 0.663. The van der Waals surface area contributed by atoms with Crippen molar-refractivity contribution >= 4 is 5.84 Å². The number of nitrogens with zero attached hydrogens (tertiary/aromatic N) is 1. The lowest BCUT2D eigenvalue weighted by Gasteiger charge is -2.10. The van der Waals surface area contributed by atoms with Crippen molar-refractivity contribution in [1.82, 2.24) is 4.57 Å². The summed E-state index contributed by atoms with van der Waals surface area (Å²) < 4.78 is 12.0. The highest BCUT2D eigenvalue weighted by Crippen LogP contribution is 2.14. The highest BCUT2D eigenvalue weighted by atomic mass is 16.5. The molecule has 116 valence electrons. The molecule has 0 saturated carbocycles. The zero-order valence-corrected chi connectivity index (χ0v) is 12.4. The SMILES string of the molecule is COCCOc1cccc(Cn2cc(C(=N)N)ccc2=O)c1. The van der Waals surface area contributed by atoms with Gasteiger partial charge in [0.1, 0.15) is 18.2 Å². The summed E-state index contributed by atoms with van der Waals surface area (Å²) in [6.07, 6.45) is 1.59. The third kappa shape index (κ3) is 4.20. The minimum atomic E-state index is -0.143. The number of methoxy groups -OCH3 is 1. The molecule has 6 nitrogen and oxygen atoms in total. The van der Waals surface area contributed by atoms with E-state index in [9.17, 15) is 4.79 Å². The molecular formula is C16H19N3O3. The summed E-state index contributed by atoms with van der Waals surface area (Å²) in [7, 11) is 1.62. The van der Waals surface area contributed by atoms with E-state index in [1.165, 1.54) is 10.6 Å². The van der Waals surface area contributed by atoms with Crippen LogP contribution in [0.25, 0.3) is 0 Å². The predicted octanol–water partition coefficient (Wildman–Crippen LogP) is 1.21. The van der Waals surface area contributed by atoms with Gasteiger partial charge in [0.25, 0.3) is 5.56 Å². The largest absolute Gasteiger partial charge is 0.491 e. The van der Waals surface area contributed by atoms with Crippen LogP contribution >= 0.6 is 0 Å². The molecule has 2 aromatic rings. The fourth-order valence-corrected chi connectivity index (χ4v) is 1.99. The quantitative estimate of drug-likeness (QED) is 0.457. The number of nitrogens with two attached hydrogens (primary N) is 1. The van der Waals surface area contributed by atoms with Gasteiger partial charge in [-0.05, 0) is 23.8 Å². The van der Waals surface area contributed by atoms with Gasteiger partial charge in [-0.25, -0.2) is 0 Å². The topological polar surface area (TPSA) is 90.3 Å². The maximum Gasteiger partial charge on any atom is 0.250 e. The molecule has 0 fully saturated rings. The van der Waals surface area contributed by atoms with Gasteiger partial charge in [0.2, 0.25) is 0 Å². The average Bonchev–Trinajstić information content (AvgIpc) is 2.50. The maximum atomic E-state index is 11.9. The van der Waals surface area contributed by atoms with E-state index in [4.69, 9.17) is 20.6 Å². The van der Waals surface area contributed by atoms with Crippen LogP contribution in [0.2, 0.25) is 0 Å². The van der Waals surface area contributed by atoms with Crippen LogP contribution in [0, 0.1) is 5.41 Å². The summed E-state index contributed by atoms with van der Waals surface area (Å²) in [6.45, 7) is 1.38. The average molecular weight is 301 g/mol. The van der Waals surface area contributed by atoms with Crippen LogP contribution in [0.15, 0.2) is 47.4 Å². The van der Waals surface area contributed by atoms with Crippen molar-refractivity contribution in [2.24, 2.45) is 5.73 Å². The van der Waals surface area contributed by atoms with Crippen molar-refractivity contribution < 1.29 is 9.47 Å². The molecule has 0 aliphatic heterocycles. The molecule has 0 aliphatic carbocycles. The Morgan fingerprint density at radius 3 is 2.82 bits per heavy atom. The van der Waals surface area contributed by atoms with E-state index in [0.717, 1.165) is 11.3 Å². The second kappa shape index (κ2) is 7.42. The van der Waals surface area contributed by atoms with Crippen LogP contribution in [-0.4, -0.2) is 30.7 Å². The number of ether oxygens (including phenoxy) is 2. The van der Waals surface area contributed by atoms with Crippen LogP contribution in [-0.2, 0) is 11.3 Å². The van der Waals surface area contributed by atoms with Crippen LogP contribution in [0.3, 0.4) is 0 Å². The Labute approximate surface area is 128 Å². The summed E-state index contributed by atoms with van der Waals surface area (Å²) in [5.41, 5.74) is 6.76. The number of amidine groups is 1. The molecule has 1 aromatic carbocycles. The Morgan fingerprint density at radius 2 is 2.09 bits per heavy atom. The lowest BCUT2D eigenvalue weighted by Crippen LogP contribution is -2.22. The predicted molar refractivity (Wildman–Crippen MR) is 84.6 cm³/mol. The number of benzene rings is 1. The molecule has 22 heavy (non-hydrogen) atoms. The zero-order chi connectivity index (χ0) is 15.9. The van der Waals surface area contributed by atoms with E-state index in [2.05, 4.69) is 0 Å². The molecule has 0 amide bonds. The Hall–Kier alpha value is -2.60. The third-order valence-electron chi connectivity index (χ3n) is 3.10. The van der Waals surface area contributed by atoms with E-state index >= 15 is 0 Å². The molecule has 0 unspecified atom stereocenters. The number of rotatable bonds is 7. The first-order chi connectivity index (χ1) is 10.6. The molecule has 0 saturated heterocycles. The van der Waals surface area contributed by atoms with E-state index < -0.39 is 0 Å². The van der Waals surface area contributed by atoms with Crippen molar-refractivity contribution in [1.29, 1.82) is 5.41 Å². The van der Waals surface area contributed by atoms with Gasteiger partial charge in [0.05, 0.1) is 13.2 Å². The van der Waals surface area contributed by atoms with Gasteiger partial charge in [0.15, 0.2) is 0 Å². The number of hydrogen-bond donors (Lipinski definition) is 2. The molecular weight excluding hydrogens is 282 g/mol. The standard InChI is InChI=1S/C16H19N3O3/c1-21-7-8-22-14-4-2-3-12(9-14)10-19-11-13(16(17)18)5-6-15(19)20/h2-6,9,11H,7-8,10H2,1H3,(H3,17,18). The van der Waals surface area contributed by atoms with Crippen molar-refractivity contribution in [3.8, 4) is 5.75 Å². The van der Waals surface area contributed by atoms with E-state index in [0.29, 0.717) is 25.3 Å². The van der Waals surface area contributed by atoms with Gasteiger partial charge in [0, 0.05) is 24.9 Å². The Bertz CT molecular complexity index is 710. The van der Waals surface area contributed by atoms with Crippen molar-refractivity contribution in [2.75, 3.05) is 20.3 Å². The molecule has 6 heteroatoms. The first kappa shape index (κ1) is 15.8. The molecule has 3 N–H and O–H groups in total. The summed E-state index contributed by atoms with van der Waals surface area (Å²) >= 11 is 0. The van der Waals surface area contributed by atoms with E-state index in [1.54, 1.807) is 19.4 Å². The van der Waals surface area contributed by atoms with Gasteiger partial charge in [-0.15, -0.1) is 0 Å². The smallest absolute Gasteiger partial charge is 0.250 e. The molecule has 0 aliphatic rings. The van der Waals surface area contributed by atoms with Crippen LogP contribution in [0.4, 0.5) is 0 Å². The molecule has 0 radical (unpaired) electrons. The van der Waals surface area contributed by atoms with Crippen LogP contribution in [0.5, 0.6) is 5.75 Å². The summed E-state index contributed by atoms with van der Waals surface area (Å²) in [5, 5.41) is 7.44. The van der Waals surface area contributed by atoms with Gasteiger partial charge in [-0.1, -0.05) is 12.1 Å². The van der Waals surface area contributed by atoms with Crippen molar-refractivity contribution in [3.05, 3.63) is 64.1 Å². The van der Waals surface area contributed by atoms with Gasteiger partial charge in [-0.3, -0.25) is 10.2 Å². The van der Waals surface area contributed by atoms with Crippen LogP contribution < -0.4 is 16.0 Å². The number of pyridine rings is 1. The minimum Gasteiger partial charge on any atom is -0.491 e. The fraction of sp³-hybridized carbons (Fsp3) is 0.250. The van der Waals surface area contributed by atoms with Gasteiger partial charge >= 0.3 is 0 Å². The number of nitrogen functional groups attached to an aromatic ring is 1. The second-order valence-electron chi connectivity index (χ2n) is 4.79. The molecule has 0 bridgehead atoms. The first-order valence-corrected chi connectivity index (χ1v) is 6.85. The summed E-state index contributed by atoms with van der Waals surface area (Å²) in [6, 6.07) is 10.5. The fourth-order valence-electron chi connectivity index (χ4n) is 1.99. The number of nitrogens with one attached hydrogen (secondary N) is 1. The lowest BCUT2D eigenvalue weighted by molar-refractivity contribution is 0.146. The van der Waals surface area contributed by atoms with E-state index in [-0.39, 0.29) is 11.4 Å². The number of aromatic nitrogens is 1. The minimum absolute atomic E-state index is 0.0644. The molecule has 0 spiro atoms. The van der Waals surface area contributed by atoms with Gasteiger partial charge < -0.3 is 19.8 Å². The third-order valence-corrected chi connectivity index (χ3v) is 3.10. The number of hydrogen-bond acceptors (Lipinski definition) is 4. The van der Waals surface area contributed by atoms with Gasteiger partial charge in [-0.2, -0.15) is 0 Å². The second-order valence-corrected chi connectivity index (χ2v) is 4.79. The van der Waals surface area contributed by atoms with E-state index in [1.807, 2.05) is 24.3 Å². The van der Waals surface area contributed by atoms with Crippen LogP contribution in [0.1, 0.15) is 11.1 Å². The highest BCUT2D eigenvalue weighted by Gasteiger charge is 2.03. The molecule has 0 atom stereocenters. The van der Waals surface area contributed by atoms with Crippen molar-refractivity contribution in [3.63, 3.8) is 0 Å². The van der Waals surface area contributed by atoms with Crippen molar-refractivity contribution in [2.45, 2.75) is 6.54 Å². The first-order valence-electron chi connectivity index (χ1n) is 6.85. The normalized spacial score (nSPS) is 10.4. The molecule has 2 rings (SSSR count). The Balaban J connectivity index is 2.16. The molecule has 1 heterocycles. The lowest BCUT2D eigenvalue weighted by atomic mass is 10.2. The Morgan fingerprint density at radius 1 is 1.27 bits per heavy atom. The zero-order valence-electron chi connectivity index (χ0n) is 12.4. The highest BCUT2D eigenvalue weighted by molar-refractivity contribution is 5.94. The monoisotopic (exact) mass is 301 g/mol. The summed E-state index contributed by atoms with van der Waals surface area (Å²) in [4.78, 5) is 11.9. The Kier molecular flexibility index (Phi) is 5.32. The maximum absolute atomic E-state index is 11.9. The molecule has 1 aromatic heterocycles.